The molecule has 0 aliphatic carbocycles. The van der Waals surface area contributed by atoms with E-state index >= 15 is 0 Å². The summed E-state index contributed by atoms with van der Waals surface area (Å²) in [7, 11) is 0. The Balaban J connectivity index is 0. The summed E-state index contributed by atoms with van der Waals surface area (Å²) in [5.74, 6) is -11.8. The van der Waals surface area contributed by atoms with Gasteiger partial charge in [0.15, 0.2) is 0 Å². The van der Waals surface area contributed by atoms with E-state index in [9.17, 15) is 28.8 Å². The third-order valence-electron chi connectivity index (χ3n) is 2.09. The van der Waals surface area contributed by atoms with Crippen molar-refractivity contribution < 1.29 is 63.8 Å². The van der Waals surface area contributed by atoms with Gasteiger partial charge in [0.1, 0.15) is 6.42 Å². The van der Waals surface area contributed by atoms with E-state index in [-0.39, 0.29) is 0 Å². The zero-order chi connectivity index (χ0) is 20.4. The summed E-state index contributed by atoms with van der Waals surface area (Å²) in [5, 5.41) is 41.8. The Morgan fingerprint density at radius 1 is 0.760 bits per heavy atom. The molecule has 140 valence electrons. The van der Waals surface area contributed by atoms with Crippen molar-refractivity contribution in [3.63, 3.8) is 0 Å². The molecule has 0 radical (unpaired) electrons. The van der Waals surface area contributed by atoms with Crippen LogP contribution in [-0.2, 0) is 38.3 Å². The number of Topliss-reactive ketones (excluding diaryl/α,β-unsaturated/α-hetero) is 1. The van der Waals surface area contributed by atoms with E-state index in [1.54, 1.807) is 0 Å². The van der Waals surface area contributed by atoms with Gasteiger partial charge in [-0.25, -0.2) is 9.59 Å². The first-order chi connectivity index (χ1) is 11.2. The predicted molar refractivity (Wildman–Crippen MR) is 71.5 cm³/mol. The van der Waals surface area contributed by atoms with E-state index in [1.165, 1.54) is 0 Å². The van der Waals surface area contributed by atoms with Crippen LogP contribution in [0.1, 0.15) is 26.2 Å². The highest BCUT2D eigenvalue weighted by molar-refractivity contribution is 6.36. The molecule has 0 unspecified atom stereocenters. The van der Waals surface area contributed by atoms with Crippen LogP contribution in [0.3, 0.4) is 0 Å². The molecule has 0 saturated heterocycles. The Kier molecular flexibility index (Phi) is 9.79. The quantitative estimate of drug-likeness (QED) is 0.177. The summed E-state index contributed by atoms with van der Waals surface area (Å²) < 4.78 is 4.17. The molecule has 0 amide bonds. The maximum atomic E-state index is 11.3. The summed E-state index contributed by atoms with van der Waals surface area (Å²) in [4.78, 5) is 73.8. The topological polar surface area (TPSA) is 230 Å². The van der Waals surface area contributed by atoms with Gasteiger partial charge >= 0.3 is 29.8 Å². The summed E-state index contributed by atoms with van der Waals surface area (Å²) in [6.45, 7) is 1.08. The van der Waals surface area contributed by atoms with Crippen molar-refractivity contribution in [2.45, 2.75) is 31.8 Å². The van der Waals surface area contributed by atoms with Crippen LogP contribution >= 0.6 is 0 Å². The molecule has 0 atom stereocenters. The molecule has 13 nitrogen and oxygen atoms in total. The number of ether oxygens (including phenoxy) is 1. The van der Waals surface area contributed by atoms with E-state index in [2.05, 4.69) is 4.74 Å². The van der Waals surface area contributed by atoms with Gasteiger partial charge in [0.2, 0.25) is 5.60 Å². The molecular formula is C12H14O13. The number of carboxylic acid groups (broad SMARTS) is 5. The number of hydrogen-bond donors (Lipinski definition) is 5. The average Bonchev–Trinajstić information content (AvgIpc) is 2.34. The monoisotopic (exact) mass is 366 g/mol. The maximum Gasteiger partial charge on any atom is 0.376 e. The maximum absolute atomic E-state index is 11.3. The molecule has 0 aromatic heterocycles. The number of esters is 1. The van der Waals surface area contributed by atoms with Crippen LogP contribution in [0.5, 0.6) is 0 Å². The van der Waals surface area contributed by atoms with Crippen LogP contribution in [-0.4, -0.2) is 72.7 Å². The van der Waals surface area contributed by atoms with Crippen molar-refractivity contribution >= 4 is 41.6 Å². The van der Waals surface area contributed by atoms with Crippen LogP contribution in [0.25, 0.3) is 0 Å². The predicted octanol–water partition coefficient (Wildman–Crippen LogP) is -1.56. The van der Waals surface area contributed by atoms with Gasteiger partial charge in [0.05, 0.1) is 12.8 Å². The average molecular weight is 366 g/mol. The van der Waals surface area contributed by atoms with Crippen LogP contribution in [0.15, 0.2) is 0 Å². The van der Waals surface area contributed by atoms with Crippen LogP contribution in [0.2, 0.25) is 0 Å². The summed E-state index contributed by atoms with van der Waals surface area (Å²) in [5.41, 5.74) is -3.01. The molecule has 0 saturated carbocycles. The van der Waals surface area contributed by atoms with Crippen LogP contribution < -0.4 is 0 Å². The van der Waals surface area contributed by atoms with Gasteiger partial charge in [-0.2, -0.15) is 0 Å². The van der Waals surface area contributed by atoms with Crippen molar-refractivity contribution in [1.82, 2.24) is 0 Å². The number of aliphatic carboxylic acids is 5. The third kappa shape index (κ3) is 10.8. The second-order valence-corrected chi connectivity index (χ2v) is 4.34. The van der Waals surface area contributed by atoms with Crippen molar-refractivity contribution in [3.8, 4) is 0 Å². The smallest absolute Gasteiger partial charge is 0.376 e. The number of hydrogen-bond acceptors (Lipinski definition) is 8. The fourth-order valence-corrected chi connectivity index (χ4v) is 1.26. The third-order valence-corrected chi connectivity index (χ3v) is 2.09. The molecule has 0 fully saturated rings. The van der Waals surface area contributed by atoms with E-state index in [0.29, 0.717) is 0 Å². The lowest BCUT2D eigenvalue weighted by molar-refractivity contribution is -0.187. The van der Waals surface area contributed by atoms with E-state index in [0.717, 1.165) is 6.92 Å². The molecule has 5 N–H and O–H groups in total. The Bertz CT molecular complexity index is 568. The molecule has 0 rings (SSSR count). The van der Waals surface area contributed by atoms with Gasteiger partial charge in [0.25, 0.3) is 11.8 Å². The van der Waals surface area contributed by atoms with Gasteiger partial charge in [-0.15, -0.1) is 0 Å². The lowest BCUT2D eigenvalue weighted by atomic mass is 9.95. The van der Waals surface area contributed by atoms with Gasteiger partial charge in [-0.1, -0.05) is 0 Å². The number of carbonyl (C=O) groups excluding carboxylic acids is 2. The molecule has 0 bridgehead atoms. The number of ketones is 1. The Labute approximate surface area is 138 Å². The highest BCUT2D eigenvalue weighted by Crippen LogP contribution is 2.22. The highest BCUT2D eigenvalue weighted by Gasteiger charge is 2.48. The van der Waals surface area contributed by atoms with E-state index < -0.39 is 66.5 Å². The summed E-state index contributed by atoms with van der Waals surface area (Å²) in [6.07, 6.45) is -4.14. The molecular weight excluding hydrogens is 352 g/mol. The first kappa shape index (κ1) is 23.8. The van der Waals surface area contributed by atoms with Crippen LogP contribution in [0.4, 0.5) is 0 Å². The van der Waals surface area contributed by atoms with Crippen LogP contribution in [0, 0.1) is 0 Å². The first-order valence-electron chi connectivity index (χ1n) is 6.08. The van der Waals surface area contributed by atoms with E-state index in [4.69, 9.17) is 30.3 Å². The minimum absolute atomic E-state index is 0.833. The van der Waals surface area contributed by atoms with Crippen molar-refractivity contribution in [3.05, 3.63) is 0 Å². The molecule has 25 heavy (non-hydrogen) atoms. The lowest BCUT2D eigenvalue weighted by Gasteiger charge is -2.25. The van der Waals surface area contributed by atoms with Gasteiger partial charge in [0, 0.05) is 6.92 Å². The minimum Gasteiger partial charge on any atom is -0.481 e. The minimum atomic E-state index is -3.01. The molecule has 13 heteroatoms. The van der Waals surface area contributed by atoms with E-state index in [1.807, 2.05) is 0 Å². The first-order valence-corrected chi connectivity index (χ1v) is 6.08. The molecule has 0 aliphatic heterocycles. The standard InChI is InChI=1S/C10H10O11.C2H4O2/c11-4(1-5(12)13)8(18)21-10(9(19)20,2-6(14)15)3-7(16)17;1-2(3)4/h1-3H2,(H,12,13)(H,14,15)(H,16,17)(H,19,20);1H3,(H,3,4). The number of rotatable bonds is 9. The Hall–Kier alpha value is -3.51. The zero-order valence-corrected chi connectivity index (χ0v) is 12.6. The number of carboxylic acids is 5. The molecule has 0 spiro atoms. The second kappa shape index (κ2) is 10.3. The highest BCUT2D eigenvalue weighted by atomic mass is 16.6. The second-order valence-electron chi connectivity index (χ2n) is 4.34. The summed E-state index contributed by atoms with van der Waals surface area (Å²) in [6, 6.07) is 0. The largest absolute Gasteiger partial charge is 0.481 e. The van der Waals surface area contributed by atoms with Gasteiger partial charge in [-0.3, -0.25) is 24.0 Å². The fourth-order valence-electron chi connectivity index (χ4n) is 1.26. The molecule has 0 aliphatic rings. The zero-order valence-electron chi connectivity index (χ0n) is 12.6. The van der Waals surface area contributed by atoms with Gasteiger partial charge in [-0.05, 0) is 0 Å². The molecule has 0 aromatic carbocycles. The normalized spacial score (nSPS) is 9.80. The van der Waals surface area contributed by atoms with Gasteiger partial charge < -0.3 is 30.3 Å². The SMILES string of the molecule is CC(=O)O.O=C(O)CC(=O)C(=O)OC(CC(=O)O)(CC(=O)O)C(=O)O. The number of carbonyl (C=O) groups is 7. The van der Waals surface area contributed by atoms with Crippen molar-refractivity contribution in [2.24, 2.45) is 0 Å². The molecule has 0 heterocycles. The fraction of sp³-hybridized carbons (Fsp3) is 0.417. The Morgan fingerprint density at radius 3 is 1.36 bits per heavy atom. The lowest BCUT2D eigenvalue weighted by Crippen LogP contribution is -2.48. The molecule has 0 aromatic rings. The Morgan fingerprint density at radius 2 is 1.12 bits per heavy atom. The summed E-state index contributed by atoms with van der Waals surface area (Å²) >= 11 is 0. The van der Waals surface area contributed by atoms with Crippen molar-refractivity contribution in [2.75, 3.05) is 0 Å². The van der Waals surface area contributed by atoms with Crippen molar-refractivity contribution in [1.29, 1.82) is 0 Å².